The van der Waals surface area contributed by atoms with Gasteiger partial charge in [-0.1, -0.05) is 23.7 Å². The van der Waals surface area contributed by atoms with Gasteiger partial charge in [0.05, 0.1) is 11.1 Å². The molecule has 1 aromatic carbocycles. The molecule has 0 heterocycles. The maximum absolute atomic E-state index is 10.8. The second-order valence-electron chi connectivity index (χ2n) is 2.80. The predicted octanol–water partition coefficient (Wildman–Crippen LogP) is 2.45. The Bertz CT molecular complexity index is 494. The van der Waals surface area contributed by atoms with Gasteiger partial charge in [0.1, 0.15) is 0 Å². The van der Waals surface area contributed by atoms with Crippen LogP contribution in [0.3, 0.4) is 0 Å². The fourth-order valence-electron chi connectivity index (χ4n) is 0.984. The Hall–Kier alpha value is -1.27. The van der Waals surface area contributed by atoms with Gasteiger partial charge in [0, 0.05) is 9.93 Å². The van der Waals surface area contributed by atoms with Crippen LogP contribution in [0, 0.1) is 0 Å². The molecule has 0 fully saturated rings. The van der Waals surface area contributed by atoms with Crippen molar-refractivity contribution < 1.29 is 12.6 Å². The van der Waals surface area contributed by atoms with Crippen LogP contribution < -0.4 is 0 Å². The maximum atomic E-state index is 10.8. The summed E-state index contributed by atoms with van der Waals surface area (Å²) in [5.74, 6) is 0. The van der Waals surface area contributed by atoms with E-state index >= 15 is 0 Å². The van der Waals surface area contributed by atoms with Gasteiger partial charge in [-0.2, -0.15) is 8.42 Å². The molecule has 0 aromatic heterocycles. The molecule has 1 rings (SSSR count). The lowest BCUT2D eigenvalue weighted by Gasteiger charge is -2.01. The molecule has 0 unspecified atom stereocenters. The fraction of sp³-hybridized carbons (Fsp3) is 0.250. The molecule has 86 valence electrons. The van der Waals surface area contributed by atoms with Crippen molar-refractivity contribution in [3.8, 4) is 0 Å². The second-order valence-corrected chi connectivity index (χ2v) is 4.49. The standard InChI is InChI=1S/C8H8ClN3O3S/c9-8-3-1-7(2-4-8)5-6-15-16(13,14)12-11-10/h1-4H,5-6H2. The SMILES string of the molecule is [N-]=[N+]=NS(=O)(=O)OCCc1ccc(Cl)cc1. The van der Waals surface area contributed by atoms with Gasteiger partial charge >= 0.3 is 10.3 Å². The summed E-state index contributed by atoms with van der Waals surface area (Å²) in [7, 11) is -4.13. The zero-order valence-electron chi connectivity index (χ0n) is 8.08. The van der Waals surface area contributed by atoms with Crippen molar-refractivity contribution in [2.24, 2.45) is 4.52 Å². The first-order valence-electron chi connectivity index (χ1n) is 4.24. The minimum atomic E-state index is -4.13. The number of hydrogen-bond acceptors (Lipinski definition) is 3. The molecule has 0 aliphatic rings. The monoisotopic (exact) mass is 261 g/mol. The molecule has 0 N–H and O–H groups in total. The molecule has 0 bridgehead atoms. The molecule has 0 aliphatic heterocycles. The molecule has 0 saturated heterocycles. The molecular formula is C8H8ClN3O3S. The molecule has 0 atom stereocenters. The molecule has 0 radical (unpaired) electrons. The van der Waals surface area contributed by atoms with Crippen LogP contribution in [0.4, 0.5) is 0 Å². The highest BCUT2D eigenvalue weighted by Crippen LogP contribution is 2.10. The number of rotatable bonds is 5. The molecule has 16 heavy (non-hydrogen) atoms. The zero-order valence-corrected chi connectivity index (χ0v) is 9.65. The largest absolute Gasteiger partial charge is 0.358 e. The first-order valence-corrected chi connectivity index (χ1v) is 5.98. The van der Waals surface area contributed by atoms with Crippen LogP contribution in [0.5, 0.6) is 0 Å². The summed E-state index contributed by atoms with van der Waals surface area (Å²) >= 11 is 5.68. The quantitative estimate of drug-likeness (QED) is 0.463. The van der Waals surface area contributed by atoms with Crippen LogP contribution in [0.15, 0.2) is 28.8 Å². The van der Waals surface area contributed by atoms with Crippen LogP contribution in [0.1, 0.15) is 5.56 Å². The molecular weight excluding hydrogens is 254 g/mol. The summed E-state index contributed by atoms with van der Waals surface area (Å²) in [6.45, 7) is -0.0804. The Kier molecular flexibility index (Phi) is 4.57. The lowest BCUT2D eigenvalue weighted by molar-refractivity contribution is 0.322. The van der Waals surface area contributed by atoms with E-state index in [4.69, 9.17) is 17.1 Å². The summed E-state index contributed by atoms with van der Waals surface area (Å²) in [4.78, 5) is 2.14. The maximum Gasteiger partial charge on any atom is 0.358 e. The van der Waals surface area contributed by atoms with Crippen LogP contribution in [-0.2, 0) is 20.9 Å². The first-order chi connectivity index (χ1) is 7.53. The van der Waals surface area contributed by atoms with Crippen molar-refractivity contribution in [1.82, 2.24) is 0 Å². The predicted molar refractivity (Wildman–Crippen MR) is 59.2 cm³/mol. The molecule has 8 heteroatoms. The molecule has 6 nitrogen and oxygen atoms in total. The Morgan fingerprint density at radius 3 is 2.56 bits per heavy atom. The van der Waals surface area contributed by atoms with E-state index in [0.29, 0.717) is 11.4 Å². The second kappa shape index (κ2) is 5.72. The number of nitrogens with zero attached hydrogens (tertiary/aromatic N) is 3. The third kappa shape index (κ3) is 4.50. The molecule has 0 amide bonds. The van der Waals surface area contributed by atoms with Crippen LogP contribution in [0.25, 0.3) is 10.4 Å². The third-order valence-electron chi connectivity index (χ3n) is 1.67. The summed E-state index contributed by atoms with van der Waals surface area (Å²) in [5, 5.41) is 0.603. The van der Waals surface area contributed by atoms with E-state index in [9.17, 15) is 8.42 Å². The number of benzene rings is 1. The topological polar surface area (TPSA) is 92.1 Å². The lowest BCUT2D eigenvalue weighted by atomic mass is 10.2. The van der Waals surface area contributed by atoms with Gasteiger partial charge in [-0.3, -0.25) is 4.18 Å². The van der Waals surface area contributed by atoms with Gasteiger partial charge in [0.15, 0.2) is 0 Å². The van der Waals surface area contributed by atoms with Crippen molar-refractivity contribution in [1.29, 1.82) is 0 Å². The first kappa shape index (κ1) is 12.8. The van der Waals surface area contributed by atoms with Crippen LogP contribution in [0.2, 0.25) is 5.02 Å². The van der Waals surface area contributed by atoms with E-state index in [0.717, 1.165) is 5.56 Å². The van der Waals surface area contributed by atoms with Gasteiger partial charge in [-0.05, 0) is 29.6 Å². The van der Waals surface area contributed by atoms with E-state index < -0.39 is 10.3 Å². The average Bonchev–Trinajstić information content (AvgIpc) is 2.20. The normalized spacial score (nSPS) is 10.8. The van der Waals surface area contributed by atoms with Crippen LogP contribution >= 0.6 is 11.6 Å². The van der Waals surface area contributed by atoms with E-state index in [1.807, 2.05) is 0 Å². The van der Waals surface area contributed by atoms with E-state index in [-0.39, 0.29) is 6.61 Å². The van der Waals surface area contributed by atoms with Crippen LogP contribution in [-0.4, -0.2) is 15.0 Å². The fourth-order valence-corrected chi connectivity index (χ4v) is 1.54. The van der Waals surface area contributed by atoms with Crippen molar-refractivity contribution in [2.75, 3.05) is 6.61 Å². The minimum Gasteiger partial charge on any atom is -0.264 e. The molecule has 0 spiro atoms. The number of halogens is 1. The van der Waals surface area contributed by atoms with Crippen molar-refractivity contribution in [3.63, 3.8) is 0 Å². The summed E-state index contributed by atoms with van der Waals surface area (Å²) in [6, 6.07) is 6.90. The van der Waals surface area contributed by atoms with Crippen molar-refractivity contribution in [2.45, 2.75) is 6.42 Å². The average molecular weight is 262 g/mol. The number of azide groups is 1. The summed E-state index contributed by atoms with van der Waals surface area (Å²) < 4.78 is 28.6. The Morgan fingerprint density at radius 2 is 2.00 bits per heavy atom. The lowest BCUT2D eigenvalue weighted by Crippen LogP contribution is -2.05. The van der Waals surface area contributed by atoms with Gasteiger partial charge in [0.25, 0.3) is 0 Å². The summed E-state index contributed by atoms with van der Waals surface area (Å²) in [5.41, 5.74) is 8.81. The van der Waals surface area contributed by atoms with Crippen molar-refractivity contribution in [3.05, 3.63) is 45.3 Å². The Morgan fingerprint density at radius 1 is 1.38 bits per heavy atom. The molecule has 0 aliphatic carbocycles. The van der Waals surface area contributed by atoms with E-state index in [1.165, 1.54) is 0 Å². The van der Waals surface area contributed by atoms with Gasteiger partial charge in [-0.15, -0.1) is 0 Å². The zero-order chi connectivity index (χ0) is 12.0. The Labute approximate surface area is 97.7 Å². The molecule has 0 saturated carbocycles. The summed E-state index contributed by atoms with van der Waals surface area (Å²) in [6.07, 6.45) is 0.386. The Balaban J connectivity index is 2.48. The van der Waals surface area contributed by atoms with E-state index in [1.54, 1.807) is 24.3 Å². The van der Waals surface area contributed by atoms with Gasteiger partial charge in [-0.25, -0.2) is 0 Å². The number of hydrogen-bond donors (Lipinski definition) is 0. The third-order valence-corrected chi connectivity index (χ3v) is 2.66. The van der Waals surface area contributed by atoms with Crippen molar-refractivity contribution >= 4 is 21.9 Å². The molecule has 1 aromatic rings. The van der Waals surface area contributed by atoms with Gasteiger partial charge in [0.2, 0.25) is 0 Å². The highest BCUT2D eigenvalue weighted by molar-refractivity contribution is 7.85. The highest BCUT2D eigenvalue weighted by Gasteiger charge is 2.06. The van der Waals surface area contributed by atoms with Gasteiger partial charge < -0.3 is 0 Å². The smallest absolute Gasteiger partial charge is 0.264 e. The van der Waals surface area contributed by atoms with E-state index in [2.05, 4.69) is 13.6 Å². The highest BCUT2D eigenvalue weighted by atomic mass is 35.5. The minimum absolute atomic E-state index is 0.0804.